The van der Waals surface area contributed by atoms with Gasteiger partial charge < -0.3 is 20.6 Å². The summed E-state index contributed by atoms with van der Waals surface area (Å²) >= 11 is 1.65. The summed E-state index contributed by atoms with van der Waals surface area (Å²) in [6.45, 7) is 7.71. The molecule has 0 saturated carbocycles. The van der Waals surface area contributed by atoms with Crippen molar-refractivity contribution in [2.75, 3.05) is 62.7 Å². The number of hydrogen-bond donors (Lipinski definition) is 2. The van der Waals surface area contributed by atoms with Crippen molar-refractivity contribution < 1.29 is 5.11 Å². The van der Waals surface area contributed by atoms with E-state index >= 15 is 0 Å². The maximum atomic E-state index is 10.6. The van der Waals surface area contributed by atoms with Crippen LogP contribution in [0, 0.1) is 0 Å². The molecule has 2 saturated heterocycles. The monoisotopic (exact) mass is 366 g/mol. The van der Waals surface area contributed by atoms with Gasteiger partial charge in [0.25, 0.3) is 0 Å². The van der Waals surface area contributed by atoms with Crippen LogP contribution in [0.2, 0.25) is 0 Å². The first kappa shape index (κ1) is 18.7. The average molecular weight is 367 g/mol. The number of likely N-dealkylation sites (N-methyl/N-ethyl adjacent to an activating group) is 1. The molecule has 0 radical (unpaired) electrons. The van der Waals surface area contributed by atoms with Gasteiger partial charge in [0.15, 0.2) is 5.16 Å². The van der Waals surface area contributed by atoms with Crippen molar-refractivity contribution in [2.24, 2.45) is 0 Å². The molecule has 2 aliphatic rings. The average Bonchev–Trinajstić information content (AvgIpc) is 2.97. The van der Waals surface area contributed by atoms with E-state index in [1.54, 1.807) is 11.8 Å². The predicted molar refractivity (Wildman–Crippen MR) is 103 cm³/mol. The zero-order chi connectivity index (χ0) is 17.8. The van der Waals surface area contributed by atoms with Crippen molar-refractivity contribution in [1.82, 2.24) is 19.8 Å². The molecule has 0 bridgehead atoms. The van der Waals surface area contributed by atoms with Crippen LogP contribution in [-0.4, -0.2) is 89.1 Å². The van der Waals surface area contributed by atoms with Crippen LogP contribution in [0.4, 0.5) is 11.6 Å². The van der Waals surface area contributed by atoms with Crippen LogP contribution in [0.25, 0.3) is 0 Å². The summed E-state index contributed by atoms with van der Waals surface area (Å²) < 4.78 is 0. The second-order valence-corrected chi connectivity index (χ2v) is 8.08. The molecule has 1 aromatic heterocycles. The Morgan fingerprint density at radius 1 is 1.24 bits per heavy atom. The van der Waals surface area contributed by atoms with Crippen LogP contribution in [0.5, 0.6) is 0 Å². The highest BCUT2D eigenvalue weighted by molar-refractivity contribution is 7.99. The minimum Gasteiger partial charge on any atom is -0.390 e. The highest BCUT2D eigenvalue weighted by Gasteiger charge is 2.37. The van der Waals surface area contributed by atoms with Gasteiger partial charge in [0.1, 0.15) is 11.6 Å². The van der Waals surface area contributed by atoms with E-state index in [0.29, 0.717) is 12.4 Å². The van der Waals surface area contributed by atoms with Gasteiger partial charge in [0, 0.05) is 51.1 Å². The van der Waals surface area contributed by atoms with Gasteiger partial charge >= 0.3 is 0 Å². The van der Waals surface area contributed by atoms with Crippen molar-refractivity contribution >= 4 is 23.4 Å². The fourth-order valence-electron chi connectivity index (χ4n) is 3.43. The van der Waals surface area contributed by atoms with Gasteiger partial charge in [0.2, 0.25) is 0 Å². The van der Waals surface area contributed by atoms with E-state index in [1.165, 1.54) is 0 Å². The van der Waals surface area contributed by atoms with Crippen molar-refractivity contribution in [1.29, 1.82) is 0 Å². The fraction of sp³-hybridized carbons (Fsp3) is 0.765. The van der Waals surface area contributed by atoms with E-state index in [0.717, 1.165) is 62.3 Å². The number of anilines is 2. The molecule has 7 nitrogen and oxygen atoms in total. The summed E-state index contributed by atoms with van der Waals surface area (Å²) in [4.78, 5) is 15.9. The number of aromatic nitrogens is 2. The Labute approximate surface area is 154 Å². The summed E-state index contributed by atoms with van der Waals surface area (Å²) in [5.74, 6) is 2.34. The second-order valence-electron chi connectivity index (χ2n) is 7.01. The largest absolute Gasteiger partial charge is 0.390 e. The van der Waals surface area contributed by atoms with Crippen LogP contribution in [0.15, 0.2) is 11.2 Å². The molecule has 25 heavy (non-hydrogen) atoms. The van der Waals surface area contributed by atoms with Crippen LogP contribution in [0.3, 0.4) is 0 Å². The Kier molecular flexibility index (Phi) is 6.38. The van der Waals surface area contributed by atoms with Gasteiger partial charge in [-0.05, 0) is 13.5 Å². The molecule has 8 heteroatoms. The van der Waals surface area contributed by atoms with E-state index in [-0.39, 0.29) is 12.1 Å². The number of nitrogens with two attached hydrogens (primary N) is 1. The zero-order valence-electron chi connectivity index (χ0n) is 15.3. The van der Waals surface area contributed by atoms with Crippen molar-refractivity contribution in [3.8, 4) is 0 Å². The van der Waals surface area contributed by atoms with Crippen molar-refractivity contribution in [3.63, 3.8) is 0 Å². The molecule has 140 valence electrons. The maximum absolute atomic E-state index is 10.6. The molecular formula is C17H30N6OS. The molecule has 1 aromatic rings. The molecule has 3 rings (SSSR count). The Morgan fingerprint density at radius 2 is 2.00 bits per heavy atom. The van der Waals surface area contributed by atoms with Crippen LogP contribution >= 0.6 is 11.8 Å². The van der Waals surface area contributed by atoms with E-state index < -0.39 is 0 Å². The van der Waals surface area contributed by atoms with Gasteiger partial charge in [-0.15, -0.1) is 0 Å². The van der Waals surface area contributed by atoms with Gasteiger partial charge in [-0.25, -0.2) is 9.97 Å². The molecule has 3 N–H and O–H groups in total. The fourth-order valence-corrected chi connectivity index (χ4v) is 4.38. The lowest BCUT2D eigenvalue weighted by Gasteiger charge is -2.37. The molecule has 0 spiro atoms. The number of nitrogens with zero attached hydrogens (tertiary/aromatic N) is 5. The Morgan fingerprint density at radius 3 is 2.72 bits per heavy atom. The Hall–Kier alpha value is -1.09. The molecule has 0 amide bonds. The van der Waals surface area contributed by atoms with Gasteiger partial charge in [-0.1, -0.05) is 25.1 Å². The minimum absolute atomic E-state index is 0.168. The number of rotatable bonds is 6. The second kappa shape index (κ2) is 8.53. The zero-order valence-corrected chi connectivity index (χ0v) is 16.1. The maximum Gasteiger partial charge on any atom is 0.191 e. The van der Waals surface area contributed by atoms with Gasteiger partial charge in [0.05, 0.1) is 12.1 Å². The standard InChI is InChI=1S/C17H30N6OS/c1-3-4-9-25-17-19-15(18)10-16(20-17)23-11-13(14(24)12-23)22-7-5-21(2)6-8-22/h10,13-14,24H,3-9,11-12H2,1-2H3,(H2,18,19,20)/t13-,14-/m1/s1. The third-order valence-corrected chi connectivity index (χ3v) is 5.96. The lowest BCUT2D eigenvalue weighted by Crippen LogP contribution is -2.52. The number of aliphatic hydroxyl groups is 1. The van der Waals surface area contributed by atoms with Gasteiger partial charge in [-0.3, -0.25) is 4.90 Å². The molecule has 0 aliphatic carbocycles. The summed E-state index contributed by atoms with van der Waals surface area (Å²) in [5, 5.41) is 11.3. The Bertz CT molecular complexity index is 566. The highest BCUT2D eigenvalue weighted by Crippen LogP contribution is 2.26. The SMILES string of the molecule is CCCCSc1nc(N)cc(N2C[C@@H](O)[C@H](N3CCN(C)CC3)C2)n1. The summed E-state index contributed by atoms with van der Waals surface area (Å²) in [7, 11) is 2.15. The first-order chi connectivity index (χ1) is 12.1. The van der Waals surface area contributed by atoms with E-state index in [9.17, 15) is 5.11 Å². The topological polar surface area (TPSA) is 81.7 Å². The summed E-state index contributed by atoms with van der Waals surface area (Å²) in [5.41, 5.74) is 5.99. The molecular weight excluding hydrogens is 336 g/mol. The molecule has 2 atom stereocenters. The number of nitrogen functional groups attached to an aromatic ring is 1. The summed E-state index contributed by atoms with van der Waals surface area (Å²) in [6, 6.07) is 1.99. The van der Waals surface area contributed by atoms with Crippen LogP contribution in [-0.2, 0) is 0 Å². The number of piperazine rings is 1. The summed E-state index contributed by atoms with van der Waals surface area (Å²) in [6.07, 6.45) is 1.95. The number of hydrogen-bond acceptors (Lipinski definition) is 8. The smallest absolute Gasteiger partial charge is 0.191 e. The van der Waals surface area contributed by atoms with E-state index in [4.69, 9.17) is 5.73 Å². The molecule has 0 aromatic carbocycles. The first-order valence-electron chi connectivity index (χ1n) is 9.19. The predicted octanol–water partition coefficient (Wildman–Crippen LogP) is 0.748. The number of thioether (sulfide) groups is 1. The molecule has 2 aliphatic heterocycles. The Balaban J connectivity index is 1.66. The third-order valence-electron chi connectivity index (χ3n) is 5.03. The number of aliphatic hydroxyl groups excluding tert-OH is 1. The number of unbranched alkanes of at least 4 members (excludes halogenated alkanes) is 1. The molecule has 2 fully saturated rings. The van der Waals surface area contributed by atoms with Crippen molar-refractivity contribution in [3.05, 3.63) is 6.07 Å². The lowest BCUT2D eigenvalue weighted by atomic mass is 10.1. The van der Waals surface area contributed by atoms with Crippen molar-refractivity contribution in [2.45, 2.75) is 37.1 Å². The van der Waals surface area contributed by atoms with Gasteiger partial charge in [-0.2, -0.15) is 0 Å². The quantitative estimate of drug-likeness (QED) is 0.434. The molecule has 0 unspecified atom stereocenters. The van der Waals surface area contributed by atoms with E-state index in [1.807, 2.05) is 6.07 Å². The molecule has 3 heterocycles. The third kappa shape index (κ3) is 4.75. The normalized spacial score (nSPS) is 25.6. The van der Waals surface area contributed by atoms with Crippen LogP contribution in [0.1, 0.15) is 19.8 Å². The minimum atomic E-state index is -0.351. The van der Waals surface area contributed by atoms with E-state index in [2.05, 4.69) is 38.6 Å². The number of β-amino-alcohol motifs (C(OH)–C–C–N with tert-alkyl or cyclic N) is 1. The highest BCUT2D eigenvalue weighted by atomic mass is 32.2. The first-order valence-corrected chi connectivity index (χ1v) is 10.2. The lowest BCUT2D eigenvalue weighted by molar-refractivity contribution is 0.0512. The van der Waals surface area contributed by atoms with Crippen LogP contribution < -0.4 is 10.6 Å².